The van der Waals surface area contributed by atoms with Crippen LogP contribution in [0.4, 0.5) is 0 Å². The minimum absolute atomic E-state index is 0. The number of benzene rings is 1. The van der Waals surface area contributed by atoms with Gasteiger partial charge < -0.3 is 16.4 Å². The van der Waals surface area contributed by atoms with Crippen molar-refractivity contribution >= 4 is 35.8 Å². The lowest BCUT2D eigenvalue weighted by molar-refractivity contribution is -0.123. The van der Waals surface area contributed by atoms with Gasteiger partial charge in [-0.1, -0.05) is 37.6 Å². The van der Waals surface area contributed by atoms with Crippen LogP contribution >= 0.6 is 24.0 Å². The van der Waals surface area contributed by atoms with Crippen LogP contribution in [-0.4, -0.2) is 30.9 Å². The first kappa shape index (κ1) is 19.7. The monoisotopic (exact) mass is 333 g/mol. The highest BCUT2D eigenvalue weighted by Gasteiger charge is 2.24. The van der Waals surface area contributed by atoms with Crippen molar-refractivity contribution in [2.75, 3.05) is 13.1 Å². The summed E-state index contributed by atoms with van der Waals surface area (Å²) < 4.78 is 0. The normalized spacial score (nSPS) is 11.5. The molecule has 0 aromatic heterocycles. The maximum Gasteiger partial charge on any atom is 0.253 e. The Kier molecular flexibility index (Phi) is 9.01. The fourth-order valence-corrected chi connectivity index (χ4v) is 1.93. The predicted molar refractivity (Wildman–Crippen MR) is 86.9 cm³/mol. The SMILES string of the molecule is CC(C)C(NC(=O)c1ccccc1Cl)C(=O)NCCN.Cl. The summed E-state index contributed by atoms with van der Waals surface area (Å²) in [5, 5.41) is 5.74. The number of amides is 2. The average Bonchev–Trinajstić information content (AvgIpc) is 2.42. The van der Waals surface area contributed by atoms with Gasteiger partial charge in [0.05, 0.1) is 10.6 Å². The molecule has 0 fully saturated rings. The van der Waals surface area contributed by atoms with E-state index in [-0.39, 0.29) is 30.1 Å². The van der Waals surface area contributed by atoms with E-state index in [1.165, 1.54) is 0 Å². The summed E-state index contributed by atoms with van der Waals surface area (Å²) in [5.74, 6) is -0.651. The number of hydrogen-bond acceptors (Lipinski definition) is 3. The summed E-state index contributed by atoms with van der Waals surface area (Å²) in [6.07, 6.45) is 0. The van der Waals surface area contributed by atoms with Crippen molar-refractivity contribution in [2.45, 2.75) is 19.9 Å². The van der Waals surface area contributed by atoms with Crippen LogP contribution in [0.15, 0.2) is 24.3 Å². The third kappa shape index (κ3) is 5.91. The number of nitrogens with one attached hydrogen (secondary N) is 2. The van der Waals surface area contributed by atoms with E-state index in [1.54, 1.807) is 24.3 Å². The second-order valence-electron chi connectivity index (χ2n) is 4.75. The molecule has 1 aromatic rings. The first-order valence-corrected chi connectivity index (χ1v) is 6.88. The van der Waals surface area contributed by atoms with Gasteiger partial charge in [0.25, 0.3) is 5.91 Å². The van der Waals surface area contributed by atoms with Crippen molar-refractivity contribution in [3.63, 3.8) is 0 Å². The second kappa shape index (κ2) is 9.60. The number of rotatable bonds is 6. The largest absolute Gasteiger partial charge is 0.353 e. The van der Waals surface area contributed by atoms with Crippen molar-refractivity contribution in [1.82, 2.24) is 10.6 Å². The highest BCUT2D eigenvalue weighted by molar-refractivity contribution is 6.33. The molecule has 0 saturated heterocycles. The van der Waals surface area contributed by atoms with E-state index in [0.29, 0.717) is 23.7 Å². The van der Waals surface area contributed by atoms with Crippen LogP contribution in [-0.2, 0) is 4.79 Å². The lowest BCUT2D eigenvalue weighted by Gasteiger charge is -2.21. The summed E-state index contributed by atoms with van der Waals surface area (Å²) in [5.41, 5.74) is 5.70. The molecule has 0 aliphatic heterocycles. The van der Waals surface area contributed by atoms with Gasteiger partial charge in [0.2, 0.25) is 5.91 Å². The quantitative estimate of drug-likeness (QED) is 0.739. The fraction of sp³-hybridized carbons (Fsp3) is 0.429. The summed E-state index contributed by atoms with van der Waals surface area (Å²) in [6.45, 7) is 4.46. The Morgan fingerprint density at radius 2 is 1.90 bits per heavy atom. The van der Waals surface area contributed by atoms with E-state index < -0.39 is 6.04 Å². The van der Waals surface area contributed by atoms with Gasteiger partial charge in [-0.25, -0.2) is 0 Å². The number of carbonyl (C=O) groups is 2. The van der Waals surface area contributed by atoms with Gasteiger partial charge >= 0.3 is 0 Å². The van der Waals surface area contributed by atoms with Gasteiger partial charge in [-0.05, 0) is 18.1 Å². The summed E-state index contributed by atoms with van der Waals surface area (Å²) >= 11 is 5.97. The molecule has 7 heteroatoms. The van der Waals surface area contributed by atoms with Crippen LogP contribution in [0.1, 0.15) is 24.2 Å². The van der Waals surface area contributed by atoms with Crippen LogP contribution in [0, 0.1) is 5.92 Å². The highest BCUT2D eigenvalue weighted by atomic mass is 35.5. The molecule has 0 saturated carbocycles. The Labute approximate surface area is 136 Å². The maximum atomic E-state index is 12.2. The molecule has 0 radical (unpaired) electrons. The highest BCUT2D eigenvalue weighted by Crippen LogP contribution is 2.15. The van der Waals surface area contributed by atoms with Gasteiger partial charge in [0, 0.05) is 13.1 Å². The van der Waals surface area contributed by atoms with Crippen LogP contribution < -0.4 is 16.4 Å². The van der Waals surface area contributed by atoms with Gasteiger partial charge in [-0.15, -0.1) is 12.4 Å². The molecule has 0 aliphatic rings. The Balaban J connectivity index is 0.00000400. The third-order valence-electron chi connectivity index (χ3n) is 2.80. The maximum absolute atomic E-state index is 12.2. The van der Waals surface area contributed by atoms with Crippen molar-refractivity contribution in [1.29, 1.82) is 0 Å². The third-order valence-corrected chi connectivity index (χ3v) is 3.13. The molecule has 5 nitrogen and oxygen atoms in total. The van der Waals surface area contributed by atoms with Crippen LogP contribution in [0.25, 0.3) is 0 Å². The lowest BCUT2D eigenvalue weighted by atomic mass is 10.0. The Hall–Kier alpha value is -1.30. The fourth-order valence-electron chi connectivity index (χ4n) is 1.70. The Morgan fingerprint density at radius 1 is 1.29 bits per heavy atom. The van der Waals surface area contributed by atoms with Crippen molar-refractivity contribution < 1.29 is 9.59 Å². The summed E-state index contributed by atoms with van der Waals surface area (Å²) in [6, 6.07) is 6.10. The van der Waals surface area contributed by atoms with Crippen LogP contribution in [0.2, 0.25) is 5.02 Å². The van der Waals surface area contributed by atoms with Crippen molar-refractivity contribution in [3.05, 3.63) is 34.9 Å². The van der Waals surface area contributed by atoms with Gasteiger partial charge in [-0.2, -0.15) is 0 Å². The van der Waals surface area contributed by atoms with E-state index in [4.69, 9.17) is 17.3 Å². The molecular weight excluding hydrogens is 313 g/mol. The van der Waals surface area contributed by atoms with E-state index in [9.17, 15) is 9.59 Å². The smallest absolute Gasteiger partial charge is 0.253 e. The zero-order valence-corrected chi connectivity index (χ0v) is 13.6. The van der Waals surface area contributed by atoms with Crippen molar-refractivity contribution in [3.8, 4) is 0 Å². The minimum atomic E-state index is -0.620. The van der Waals surface area contributed by atoms with E-state index in [2.05, 4.69) is 10.6 Å². The predicted octanol–water partition coefficient (Wildman–Crippen LogP) is 1.59. The molecule has 0 aliphatic carbocycles. The Morgan fingerprint density at radius 3 is 2.43 bits per heavy atom. The minimum Gasteiger partial charge on any atom is -0.353 e. The van der Waals surface area contributed by atoms with Crippen molar-refractivity contribution in [2.24, 2.45) is 11.7 Å². The van der Waals surface area contributed by atoms with Crippen LogP contribution in [0.3, 0.4) is 0 Å². The van der Waals surface area contributed by atoms with Gasteiger partial charge in [0.1, 0.15) is 6.04 Å². The zero-order chi connectivity index (χ0) is 15.1. The molecule has 0 heterocycles. The van der Waals surface area contributed by atoms with Crippen LogP contribution in [0.5, 0.6) is 0 Å². The summed E-state index contributed by atoms with van der Waals surface area (Å²) in [7, 11) is 0. The molecule has 0 bridgehead atoms. The molecule has 1 unspecified atom stereocenters. The number of halogens is 2. The standard InChI is InChI=1S/C14H20ClN3O2.ClH/c1-9(2)12(14(20)17-8-7-16)18-13(19)10-5-3-4-6-11(10)15;/h3-6,9,12H,7-8,16H2,1-2H3,(H,17,20)(H,18,19);1H. The molecule has 1 rings (SSSR count). The molecular formula is C14H21Cl2N3O2. The summed E-state index contributed by atoms with van der Waals surface area (Å²) in [4.78, 5) is 24.1. The lowest BCUT2D eigenvalue weighted by Crippen LogP contribution is -2.50. The Bertz CT molecular complexity index is 481. The molecule has 0 spiro atoms. The van der Waals surface area contributed by atoms with Gasteiger partial charge in [-0.3, -0.25) is 9.59 Å². The van der Waals surface area contributed by atoms with E-state index >= 15 is 0 Å². The molecule has 118 valence electrons. The first-order chi connectivity index (χ1) is 9.47. The van der Waals surface area contributed by atoms with E-state index in [0.717, 1.165) is 0 Å². The number of nitrogens with two attached hydrogens (primary N) is 1. The first-order valence-electron chi connectivity index (χ1n) is 6.50. The zero-order valence-electron chi connectivity index (χ0n) is 12.1. The number of carbonyl (C=O) groups excluding carboxylic acids is 2. The second-order valence-corrected chi connectivity index (χ2v) is 5.16. The molecule has 1 aromatic carbocycles. The topological polar surface area (TPSA) is 84.2 Å². The van der Waals surface area contributed by atoms with Gasteiger partial charge in [0.15, 0.2) is 0 Å². The average molecular weight is 334 g/mol. The molecule has 1 atom stereocenters. The molecule has 21 heavy (non-hydrogen) atoms. The molecule has 2 amide bonds. The number of hydrogen-bond donors (Lipinski definition) is 3. The molecule has 4 N–H and O–H groups in total. The van der Waals surface area contributed by atoms with E-state index in [1.807, 2.05) is 13.8 Å².